The molecule has 0 unspecified atom stereocenters. The number of hydrogen-bond acceptors (Lipinski definition) is 7. The van der Waals surface area contributed by atoms with Crippen molar-refractivity contribution in [3.63, 3.8) is 0 Å². The van der Waals surface area contributed by atoms with Crippen LogP contribution in [0.4, 0.5) is 5.69 Å². The standard InChI is InChI=1S/C17H14N2O6S/c1-11(9-18)25-17(20)12-3-2-4-14(7-12)26(21,22)19-13-5-6-15-16(8-13)24-10-23-15/h2-8,11,19H,10H2,1H3/t11-/m0/s1. The Morgan fingerprint density at radius 3 is 2.77 bits per heavy atom. The van der Waals surface area contributed by atoms with E-state index in [9.17, 15) is 13.2 Å². The molecule has 0 amide bonds. The van der Waals surface area contributed by atoms with Crippen molar-refractivity contribution in [2.24, 2.45) is 0 Å². The number of carbonyl (C=O) groups excluding carboxylic acids is 1. The third-order valence-electron chi connectivity index (χ3n) is 3.47. The molecule has 9 heteroatoms. The van der Waals surface area contributed by atoms with Crippen LogP contribution in [0.3, 0.4) is 0 Å². The fraction of sp³-hybridized carbons (Fsp3) is 0.176. The van der Waals surface area contributed by atoms with Crippen molar-refractivity contribution in [3.8, 4) is 17.6 Å². The number of nitriles is 1. The molecule has 2 aromatic rings. The van der Waals surface area contributed by atoms with Crippen molar-refractivity contribution in [2.75, 3.05) is 11.5 Å². The van der Waals surface area contributed by atoms with Gasteiger partial charge in [-0.25, -0.2) is 13.2 Å². The minimum absolute atomic E-state index is 0.0284. The molecule has 1 heterocycles. The van der Waals surface area contributed by atoms with Crippen LogP contribution in [0.15, 0.2) is 47.4 Å². The highest BCUT2D eigenvalue weighted by Gasteiger charge is 2.20. The Bertz CT molecular complexity index is 997. The molecule has 3 rings (SSSR count). The van der Waals surface area contributed by atoms with Gasteiger partial charge in [0.15, 0.2) is 17.6 Å². The molecular weight excluding hydrogens is 360 g/mol. The minimum atomic E-state index is -3.94. The number of benzene rings is 2. The normalized spacial score (nSPS) is 13.5. The van der Waals surface area contributed by atoms with Crippen LogP contribution in [0, 0.1) is 11.3 Å². The Kier molecular flexibility index (Phi) is 4.69. The summed E-state index contributed by atoms with van der Waals surface area (Å²) < 4.78 is 42.8. The average molecular weight is 374 g/mol. The minimum Gasteiger partial charge on any atom is -0.454 e. The van der Waals surface area contributed by atoms with Crippen LogP contribution in [0.25, 0.3) is 0 Å². The van der Waals surface area contributed by atoms with Gasteiger partial charge in [-0.1, -0.05) is 6.07 Å². The van der Waals surface area contributed by atoms with E-state index in [-0.39, 0.29) is 17.3 Å². The first-order valence-corrected chi connectivity index (χ1v) is 9.00. The first kappa shape index (κ1) is 17.6. The van der Waals surface area contributed by atoms with Gasteiger partial charge >= 0.3 is 5.97 Å². The highest BCUT2D eigenvalue weighted by molar-refractivity contribution is 7.92. The predicted molar refractivity (Wildman–Crippen MR) is 90.3 cm³/mol. The van der Waals surface area contributed by atoms with Gasteiger partial charge in [-0.3, -0.25) is 4.72 Å². The van der Waals surface area contributed by atoms with E-state index < -0.39 is 22.1 Å². The molecule has 8 nitrogen and oxygen atoms in total. The summed E-state index contributed by atoms with van der Waals surface area (Å²) >= 11 is 0. The van der Waals surface area contributed by atoms with E-state index in [0.29, 0.717) is 17.2 Å². The Balaban J connectivity index is 1.82. The van der Waals surface area contributed by atoms with Gasteiger partial charge < -0.3 is 14.2 Å². The van der Waals surface area contributed by atoms with E-state index >= 15 is 0 Å². The van der Waals surface area contributed by atoms with Gasteiger partial charge in [-0.05, 0) is 37.3 Å². The summed E-state index contributed by atoms with van der Waals surface area (Å²) in [5.74, 6) is 0.191. The van der Waals surface area contributed by atoms with Gasteiger partial charge in [0.25, 0.3) is 10.0 Å². The van der Waals surface area contributed by atoms with E-state index in [2.05, 4.69) is 4.72 Å². The molecule has 0 bridgehead atoms. The van der Waals surface area contributed by atoms with Crippen molar-refractivity contribution in [2.45, 2.75) is 17.9 Å². The maximum Gasteiger partial charge on any atom is 0.339 e. The number of esters is 1. The Morgan fingerprint density at radius 2 is 2.00 bits per heavy atom. The second-order valence-electron chi connectivity index (χ2n) is 5.38. The molecule has 0 aliphatic carbocycles. The number of sulfonamides is 1. The molecule has 1 N–H and O–H groups in total. The third-order valence-corrected chi connectivity index (χ3v) is 4.85. The number of rotatable bonds is 5. The van der Waals surface area contributed by atoms with Gasteiger partial charge in [-0.2, -0.15) is 5.26 Å². The third kappa shape index (κ3) is 3.70. The molecule has 1 aliphatic heterocycles. The number of carbonyl (C=O) groups is 1. The molecule has 26 heavy (non-hydrogen) atoms. The van der Waals surface area contributed by atoms with Crippen LogP contribution >= 0.6 is 0 Å². The zero-order chi connectivity index (χ0) is 18.7. The quantitative estimate of drug-likeness (QED) is 0.798. The molecule has 0 fully saturated rings. The molecule has 134 valence electrons. The van der Waals surface area contributed by atoms with Crippen molar-refractivity contribution < 1.29 is 27.4 Å². The molecule has 0 saturated carbocycles. The molecule has 1 atom stereocenters. The maximum atomic E-state index is 12.6. The monoisotopic (exact) mass is 374 g/mol. The first-order chi connectivity index (χ1) is 12.4. The van der Waals surface area contributed by atoms with Gasteiger partial charge in [0.05, 0.1) is 16.1 Å². The average Bonchev–Trinajstić information content (AvgIpc) is 3.09. The molecule has 0 aromatic heterocycles. The summed E-state index contributed by atoms with van der Waals surface area (Å²) in [4.78, 5) is 11.8. The van der Waals surface area contributed by atoms with Crippen LogP contribution in [0.1, 0.15) is 17.3 Å². The van der Waals surface area contributed by atoms with Crippen LogP contribution in [-0.2, 0) is 14.8 Å². The van der Waals surface area contributed by atoms with Crippen molar-refractivity contribution in [1.29, 1.82) is 5.26 Å². The second kappa shape index (κ2) is 6.93. The maximum absolute atomic E-state index is 12.6. The van der Waals surface area contributed by atoms with Crippen LogP contribution < -0.4 is 14.2 Å². The van der Waals surface area contributed by atoms with E-state index in [1.165, 1.54) is 43.3 Å². The summed E-state index contributed by atoms with van der Waals surface area (Å²) in [5, 5.41) is 8.69. The van der Waals surface area contributed by atoms with E-state index in [0.717, 1.165) is 0 Å². The molecule has 0 radical (unpaired) electrons. The van der Waals surface area contributed by atoms with Crippen molar-refractivity contribution >= 4 is 21.7 Å². The van der Waals surface area contributed by atoms with Gasteiger partial charge in [0, 0.05) is 6.07 Å². The molecule has 0 saturated heterocycles. The molecular formula is C17H14N2O6S. The number of nitrogens with zero attached hydrogens (tertiary/aromatic N) is 1. The van der Waals surface area contributed by atoms with Gasteiger partial charge in [0.2, 0.25) is 6.79 Å². The summed E-state index contributed by atoms with van der Waals surface area (Å²) in [5.41, 5.74) is 0.320. The second-order valence-corrected chi connectivity index (χ2v) is 7.06. The van der Waals surface area contributed by atoms with E-state index in [4.69, 9.17) is 19.5 Å². The molecule has 1 aliphatic rings. The van der Waals surface area contributed by atoms with Crippen LogP contribution in [0.2, 0.25) is 0 Å². The Morgan fingerprint density at radius 1 is 1.23 bits per heavy atom. The largest absolute Gasteiger partial charge is 0.454 e. The summed E-state index contributed by atoms with van der Waals surface area (Å²) in [6.45, 7) is 1.50. The Hall–Kier alpha value is -3.25. The predicted octanol–water partition coefficient (Wildman–Crippen LogP) is 2.28. The summed E-state index contributed by atoms with van der Waals surface area (Å²) in [6.07, 6.45) is -0.936. The highest BCUT2D eigenvalue weighted by atomic mass is 32.2. The summed E-state index contributed by atoms with van der Waals surface area (Å²) in [6, 6.07) is 11.8. The lowest BCUT2D eigenvalue weighted by Gasteiger charge is -2.10. The zero-order valence-corrected chi connectivity index (χ0v) is 14.4. The van der Waals surface area contributed by atoms with Gasteiger partial charge in [-0.15, -0.1) is 0 Å². The van der Waals surface area contributed by atoms with Crippen molar-refractivity contribution in [3.05, 3.63) is 48.0 Å². The lowest BCUT2D eigenvalue weighted by Crippen LogP contribution is -2.16. The fourth-order valence-corrected chi connectivity index (χ4v) is 3.31. The fourth-order valence-electron chi connectivity index (χ4n) is 2.22. The highest BCUT2D eigenvalue weighted by Crippen LogP contribution is 2.34. The number of hydrogen-bond donors (Lipinski definition) is 1. The lowest BCUT2D eigenvalue weighted by molar-refractivity contribution is 0.0435. The number of ether oxygens (including phenoxy) is 3. The molecule has 0 spiro atoms. The number of anilines is 1. The SMILES string of the molecule is C[C@@H](C#N)OC(=O)c1cccc(S(=O)(=O)Nc2ccc3c(c2)OCO3)c1. The van der Waals surface area contributed by atoms with Crippen LogP contribution in [-0.4, -0.2) is 27.3 Å². The smallest absolute Gasteiger partial charge is 0.339 e. The van der Waals surface area contributed by atoms with Crippen LogP contribution in [0.5, 0.6) is 11.5 Å². The first-order valence-electron chi connectivity index (χ1n) is 7.52. The van der Waals surface area contributed by atoms with E-state index in [1.807, 2.05) is 0 Å². The van der Waals surface area contributed by atoms with Crippen molar-refractivity contribution in [1.82, 2.24) is 0 Å². The molecule has 2 aromatic carbocycles. The number of nitrogens with one attached hydrogen (secondary N) is 1. The topological polar surface area (TPSA) is 115 Å². The summed E-state index contributed by atoms with van der Waals surface area (Å²) in [7, 11) is -3.94. The van der Waals surface area contributed by atoms with Gasteiger partial charge in [0.1, 0.15) is 6.07 Å². The van der Waals surface area contributed by atoms with E-state index in [1.54, 1.807) is 12.1 Å². The lowest BCUT2D eigenvalue weighted by atomic mass is 10.2. The number of fused-ring (bicyclic) bond motifs is 1. The zero-order valence-electron chi connectivity index (χ0n) is 13.6. The Labute approximate surface area is 150 Å².